The molecule has 1 saturated carbocycles. The number of hydrogen-bond donors (Lipinski definition) is 1. The fourth-order valence-electron chi connectivity index (χ4n) is 4.64. The number of carbonyl (C=O) groups excluding carboxylic acids is 1. The number of ether oxygens (including phenoxy) is 1. The van der Waals surface area contributed by atoms with Gasteiger partial charge in [-0.25, -0.2) is 0 Å². The molecule has 2 aliphatic rings. The van der Waals surface area contributed by atoms with Gasteiger partial charge < -0.3 is 15.0 Å². The van der Waals surface area contributed by atoms with Gasteiger partial charge in [-0.2, -0.15) is 0 Å². The zero-order valence-corrected chi connectivity index (χ0v) is 16.0. The lowest BCUT2D eigenvalue weighted by Crippen LogP contribution is -2.36. The summed E-state index contributed by atoms with van der Waals surface area (Å²) >= 11 is 0. The first-order valence-corrected chi connectivity index (χ1v) is 9.65. The molecule has 4 heteroatoms. The summed E-state index contributed by atoms with van der Waals surface area (Å²) in [6, 6.07) is 9.14. The van der Waals surface area contributed by atoms with Gasteiger partial charge in [0.25, 0.3) is 0 Å². The van der Waals surface area contributed by atoms with Crippen LogP contribution in [-0.4, -0.2) is 43.1 Å². The second kappa shape index (κ2) is 7.77. The molecule has 25 heavy (non-hydrogen) atoms. The molecule has 4 nitrogen and oxygen atoms in total. The summed E-state index contributed by atoms with van der Waals surface area (Å²) in [6.45, 7) is 8.62. The van der Waals surface area contributed by atoms with E-state index < -0.39 is 0 Å². The van der Waals surface area contributed by atoms with Crippen molar-refractivity contribution in [3.63, 3.8) is 0 Å². The minimum atomic E-state index is 0.352. The molecule has 0 unspecified atom stereocenters. The van der Waals surface area contributed by atoms with Gasteiger partial charge >= 0.3 is 0 Å². The predicted molar refractivity (Wildman–Crippen MR) is 101 cm³/mol. The normalized spacial score (nSPS) is 28.7. The Bertz CT molecular complexity index is 584. The van der Waals surface area contributed by atoms with Gasteiger partial charge in [0, 0.05) is 25.0 Å². The third-order valence-corrected chi connectivity index (χ3v) is 6.08. The quantitative estimate of drug-likeness (QED) is 0.826. The number of hydrogen-bond acceptors (Lipinski definition) is 3. The molecule has 1 aromatic rings. The summed E-state index contributed by atoms with van der Waals surface area (Å²) in [5.41, 5.74) is 1.26. The third-order valence-electron chi connectivity index (χ3n) is 6.08. The molecule has 1 N–H and O–H groups in total. The summed E-state index contributed by atoms with van der Waals surface area (Å²) in [5.74, 6) is 3.08. The lowest BCUT2D eigenvalue weighted by atomic mass is 9.88. The Morgan fingerprint density at radius 3 is 2.64 bits per heavy atom. The summed E-state index contributed by atoms with van der Waals surface area (Å²) < 4.78 is 5.21. The van der Waals surface area contributed by atoms with Gasteiger partial charge in [-0.05, 0) is 54.8 Å². The number of likely N-dealkylation sites (tertiary alicyclic amines) is 1. The Morgan fingerprint density at radius 1 is 1.28 bits per heavy atom. The van der Waals surface area contributed by atoms with Gasteiger partial charge in [0.2, 0.25) is 5.91 Å². The van der Waals surface area contributed by atoms with E-state index in [0.717, 1.165) is 38.1 Å². The first-order valence-electron chi connectivity index (χ1n) is 9.65. The number of methoxy groups -OCH3 is 1. The third kappa shape index (κ3) is 4.00. The zero-order valence-electron chi connectivity index (χ0n) is 16.0. The van der Waals surface area contributed by atoms with Crippen LogP contribution in [0.5, 0.6) is 5.75 Å². The van der Waals surface area contributed by atoms with Crippen molar-refractivity contribution in [2.24, 2.45) is 17.8 Å². The molecular formula is C21H32N2O2. The smallest absolute Gasteiger partial charge is 0.223 e. The molecule has 138 valence electrons. The minimum Gasteiger partial charge on any atom is -0.497 e. The number of rotatable bonds is 7. The fourth-order valence-corrected chi connectivity index (χ4v) is 4.64. The second-order valence-corrected chi connectivity index (χ2v) is 8.06. The van der Waals surface area contributed by atoms with Crippen LogP contribution in [0.3, 0.4) is 0 Å². The van der Waals surface area contributed by atoms with E-state index in [2.05, 4.69) is 43.1 Å². The number of nitrogens with zero attached hydrogens (tertiary/aromatic N) is 1. The van der Waals surface area contributed by atoms with Crippen LogP contribution in [0.25, 0.3) is 0 Å². The number of nitrogens with one attached hydrogen (secondary N) is 1. The molecule has 4 atom stereocenters. The van der Waals surface area contributed by atoms with Crippen LogP contribution in [0.4, 0.5) is 0 Å². The zero-order chi connectivity index (χ0) is 18.0. The Labute approximate surface area is 151 Å². The van der Waals surface area contributed by atoms with Crippen molar-refractivity contribution in [1.29, 1.82) is 0 Å². The maximum Gasteiger partial charge on any atom is 0.223 e. The molecule has 1 saturated heterocycles. The largest absolute Gasteiger partial charge is 0.497 e. The number of carbonyl (C=O) groups is 1. The van der Waals surface area contributed by atoms with E-state index in [-0.39, 0.29) is 0 Å². The average molecular weight is 344 g/mol. The van der Waals surface area contributed by atoms with Gasteiger partial charge in [-0.1, -0.05) is 32.9 Å². The van der Waals surface area contributed by atoms with Crippen molar-refractivity contribution in [1.82, 2.24) is 10.2 Å². The number of amides is 1. The van der Waals surface area contributed by atoms with E-state index in [1.165, 1.54) is 5.56 Å². The van der Waals surface area contributed by atoms with Gasteiger partial charge in [-0.15, -0.1) is 0 Å². The molecule has 2 fully saturated rings. The van der Waals surface area contributed by atoms with Crippen molar-refractivity contribution in [3.05, 3.63) is 29.8 Å². The van der Waals surface area contributed by atoms with Crippen LogP contribution in [0, 0.1) is 17.8 Å². The monoisotopic (exact) mass is 344 g/mol. The van der Waals surface area contributed by atoms with Crippen LogP contribution in [0.2, 0.25) is 0 Å². The standard InChI is InChI=1S/C21H32N2O2/c1-14(2)22-13-19-15(3)11-20-18(19)12-21(24)23(20)10-9-16-5-7-17(25-4)8-6-16/h5-8,14-15,18-20,22H,9-13H2,1-4H3/t15-,18-,19+,20+/m0/s1. The second-order valence-electron chi connectivity index (χ2n) is 8.06. The highest BCUT2D eigenvalue weighted by atomic mass is 16.5. The van der Waals surface area contributed by atoms with Crippen molar-refractivity contribution >= 4 is 5.91 Å². The summed E-state index contributed by atoms with van der Waals surface area (Å²) in [4.78, 5) is 14.8. The number of fused-ring (bicyclic) bond motifs is 1. The maximum atomic E-state index is 12.6. The van der Waals surface area contributed by atoms with Gasteiger partial charge in [0.1, 0.15) is 5.75 Å². The SMILES string of the molecule is COc1ccc(CCN2C(=O)C[C@H]3[C@H](CNC(C)C)[C@@H](C)C[C@H]32)cc1. The van der Waals surface area contributed by atoms with Crippen LogP contribution in [0.1, 0.15) is 39.2 Å². The van der Waals surface area contributed by atoms with E-state index in [9.17, 15) is 4.79 Å². The van der Waals surface area contributed by atoms with E-state index in [1.54, 1.807) is 7.11 Å². The predicted octanol–water partition coefficient (Wildman–Crippen LogP) is 3.11. The maximum absolute atomic E-state index is 12.6. The van der Waals surface area contributed by atoms with Gasteiger partial charge in [0.05, 0.1) is 7.11 Å². The Kier molecular flexibility index (Phi) is 5.67. The van der Waals surface area contributed by atoms with E-state index >= 15 is 0 Å². The highest BCUT2D eigenvalue weighted by molar-refractivity contribution is 5.79. The molecule has 0 aromatic heterocycles. The number of benzene rings is 1. The molecule has 1 heterocycles. The highest BCUT2D eigenvalue weighted by Crippen LogP contribution is 2.45. The van der Waals surface area contributed by atoms with Crippen LogP contribution < -0.4 is 10.1 Å². The van der Waals surface area contributed by atoms with Crippen molar-refractivity contribution in [2.75, 3.05) is 20.2 Å². The average Bonchev–Trinajstić information content (AvgIpc) is 3.05. The fraction of sp³-hybridized carbons (Fsp3) is 0.667. The topological polar surface area (TPSA) is 41.6 Å². The molecule has 1 amide bonds. The minimum absolute atomic E-state index is 0.352. The van der Waals surface area contributed by atoms with Crippen LogP contribution >= 0.6 is 0 Å². The van der Waals surface area contributed by atoms with Crippen molar-refractivity contribution < 1.29 is 9.53 Å². The van der Waals surface area contributed by atoms with E-state index in [1.807, 2.05) is 12.1 Å². The van der Waals surface area contributed by atoms with Crippen LogP contribution in [-0.2, 0) is 11.2 Å². The van der Waals surface area contributed by atoms with Crippen molar-refractivity contribution in [2.45, 2.75) is 52.1 Å². The van der Waals surface area contributed by atoms with Crippen LogP contribution in [0.15, 0.2) is 24.3 Å². The van der Waals surface area contributed by atoms with E-state index in [4.69, 9.17) is 4.74 Å². The Balaban J connectivity index is 1.60. The lowest BCUT2D eigenvalue weighted by Gasteiger charge is -2.25. The molecule has 0 bridgehead atoms. The molecule has 1 aliphatic carbocycles. The Morgan fingerprint density at radius 2 is 2.00 bits per heavy atom. The summed E-state index contributed by atoms with van der Waals surface area (Å²) in [5, 5.41) is 3.59. The molecular weight excluding hydrogens is 312 g/mol. The lowest BCUT2D eigenvalue weighted by molar-refractivity contribution is -0.129. The molecule has 1 aromatic carbocycles. The van der Waals surface area contributed by atoms with E-state index in [0.29, 0.717) is 35.7 Å². The van der Waals surface area contributed by atoms with Gasteiger partial charge in [0.15, 0.2) is 0 Å². The molecule has 3 rings (SSSR count). The first-order chi connectivity index (χ1) is 12.0. The van der Waals surface area contributed by atoms with Crippen molar-refractivity contribution in [3.8, 4) is 5.75 Å². The Hall–Kier alpha value is -1.55. The first kappa shape index (κ1) is 18.2. The summed E-state index contributed by atoms with van der Waals surface area (Å²) in [7, 11) is 1.68. The highest BCUT2D eigenvalue weighted by Gasteiger charge is 2.50. The summed E-state index contributed by atoms with van der Waals surface area (Å²) in [6.07, 6.45) is 2.81. The molecule has 0 radical (unpaired) electrons. The molecule has 0 spiro atoms. The molecule has 1 aliphatic heterocycles. The van der Waals surface area contributed by atoms with Gasteiger partial charge in [-0.3, -0.25) is 4.79 Å².